The van der Waals surface area contributed by atoms with E-state index < -0.39 is 11.9 Å². The maximum Gasteiger partial charge on any atom is 0.240 e. The Morgan fingerprint density at radius 1 is 1.15 bits per heavy atom. The zero-order valence-corrected chi connectivity index (χ0v) is 15.1. The summed E-state index contributed by atoms with van der Waals surface area (Å²) < 4.78 is 11.0. The number of benzene rings is 2. The van der Waals surface area contributed by atoms with Gasteiger partial charge in [0.25, 0.3) is 0 Å². The van der Waals surface area contributed by atoms with Gasteiger partial charge in [0.1, 0.15) is 18.4 Å². The minimum Gasteiger partial charge on any atom is -0.489 e. The molecule has 0 aromatic heterocycles. The number of hydrogen-bond donors (Lipinski definition) is 2. The van der Waals surface area contributed by atoms with Crippen LogP contribution in [0.2, 0.25) is 0 Å². The van der Waals surface area contributed by atoms with Gasteiger partial charge in [0.05, 0.1) is 12.5 Å². The zero-order valence-electron chi connectivity index (χ0n) is 15.1. The number of nitrogens with two attached hydrogens (primary N) is 1. The zero-order chi connectivity index (χ0) is 19.1. The summed E-state index contributed by atoms with van der Waals surface area (Å²) in [6, 6.07) is 16.6. The number of rotatable bonds is 8. The Bertz CT molecular complexity index is 773. The van der Waals surface area contributed by atoms with Gasteiger partial charge in [0, 0.05) is 13.0 Å². The molecule has 1 fully saturated rings. The molecular formula is C21H24N2O4. The van der Waals surface area contributed by atoms with Gasteiger partial charge >= 0.3 is 0 Å². The molecule has 2 atom stereocenters. The molecule has 6 nitrogen and oxygen atoms in total. The average Bonchev–Trinajstić information content (AvgIpc) is 3.22. The van der Waals surface area contributed by atoms with E-state index in [1.807, 2.05) is 54.6 Å². The molecule has 1 saturated heterocycles. The summed E-state index contributed by atoms with van der Waals surface area (Å²) in [5.41, 5.74) is 7.43. The van der Waals surface area contributed by atoms with Crippen LogP contribution in [0.25, 0.3) is 0 Å². The summed E-state index contributed by atoms with van der Waals surface area (Å²) in [4.78, 5) is 24.0. The van der Waals surface area contributed by atoms with E-state index >= 15 is 0 Å². The lowest BCUT2D eigenvalue weighted by atomic mass is 10.0. The number of amides is 2. The van der Waals surface area contributed by atoms with Crippen LogP contribution in [0.4, 0.5) is 0 Å². The van der Waals surface area contributed by atoms with Crippen LogP contribution in [0.1, 0.15) is 17.5 Å². The highest BCUT2D eigenvalue weighted by Crippen LogP contribution is 2.17. The van der Waals surface area contributed by atoms with Crippen LogP contribution in [0.3, 0.4) is 0 Å². The molecule has 27 heavy (non-hydrogen) atoms. The quantitative estimate of drug-likeness (QED) is 0.744. The molecule has 0 radical (unpaired) electrons. The van der Waals surface area contributed by atoms with E-state index in [0.29, 0.717) is 38.4 Å². The van der Waals surface area contributed by atoms with Crippen molar-refractivity contribution in [3.63, 3.8) is 0 Å². The van der Waals surface area contributed by atoms with Crippen molar-refractivity contribution in [3.8, 4) is 5.75 Å². The van der Waals surface area contributed by atoms with Crippen LogP contribution in [0.15, 0.2) is 54.6 Å². The average molecular weight is 368 g/mol. The highest BCUT2D eigenvalue weighted by molar-refractivity contribution is 5.87. The number of carbonyl (C=O) groups excluding carboxylic acids is 2. The minimum atomic E-state index is -0.762. The van der Waals surface area contributed by atoms with Gasteiger partial charge in [-0.05, 0) is 29.7 Å². The van der Waals surface area contributed by atoms with Crippen molar-refractivity contribution in [2.75, 3.05) is 13.2 Å². The second kappa shape index (κ2) is 9.19. The molecule has 2 amide bonds. The molecule has 0 bridgehead atoms. The standard InChI is InChI=1S/C21H24N2O4/c22-20(24)19(23-21(25)17-9-10-26-14-17)12-16-7-4-8-18(11-16)27-13-15-5-2-1-3-6-15/h1-8,11,17,19H,9-10,12-14H2,(H2,22,24)(H,23,25)/t17-,19-/m1/s1. The van der Waals surface area contributed by atoms with E-state index in [2.05, 4.69) is 5.32 Å². The van der Waals surface area contributed by atoms with Crippen LogP contribution in [-0.2, 0) is 27.4 Å². The molecule has 2 aromatic carbocycles. The highest BCUT2D eigenvalue weighted by atomic mass is 16.5. The number of ether oxygens (including phenoxy) is 2. The first-order chi connectivity index (χ1) is 13.1. The number of carbonyl (C=O) groups is 2. The predicted molar refractivity (Wildman–Crippen MR) is 101 cm³/mol. The second-order valence-electron chi connectivity index (χ2n) is 6.65. The predicted octanol–water partition coefficient (Wildman–Crippen LogP) is 1.81. The van der Waals surface area contributed by atoms with E-state index in [4.69, 9.17) is 15.2 Å². The molecule has 1 aliphatic rings. The van der Waals surface area contributed by atoms with Gasteiger partial charge in [-0.1, -0.05) is 42.5 Å². The Morgan fingerprint density at radius 2 is 1.93 bits per heavy atom. The van der Waals surface area contributed by atoms with Crippen molar-refractivity contribution in [3.05, 3.63) is 65.7 Å². The summed E-state index contributed by atoms with van der Waals surface area (Å²) in [5, 5.41) is 2.75. The third kappa shape index (κ3) is 5.56. The summed E-state index contributed by atoms with van der Waals surface area (Å²) in [6.07, 6.45) is 0.983. The molecule has 142 valence electrons. The Labute approximate surface area is 158 Å². The Hall–Kier alpha value is -2.86. The first-order valence-corrected chi connectivity index (χ1v) is 9.05. The van der Waals surface area contributed by atoms with E-state index in [-0.39, 0.29) is 11.8 Å². The lowest BCUT2D eigenvalue weighted by Crippen LogP contribution is -2.48. The maximum absolute atomic E-state index is 12.3. The number of nitrogens with one attached hydrogen (secondary N) is 1. The first kappa shape index (κ1) is 18.9. The lowest BCUT2D eigenvalue weighted by molar-refractivity contribution is -0.129. The summed E-state index contributed by atoms with van der Waals surface area (Å²) in [5.74, 6) is -0.256. The van der Waals surface area contributed by atoms with E-state index in [9.17, 15) is 9.59 Å². The van der Waals surface area contributed by atoms with Crippen molar-refractivity contribution in [2.24, 2.45) is 11.7 Å². The fraction of sp³-hybridized carbons (Fsp3) is 0.333. The van der Waals surface area contributed by atoms with E-state index in [1.165, 1.54) is 0 Å². The van der Waals surface area contributed by atoms with Crippen LogP contribution in [0.5, 0.6) is 5.75 Å². The Kier molecular flexibility index (Phi) is 6.44. The van der Waals surface area contributed by atoms with Crippen molar-refractivity contribution >= 4 is 11.8 Å². The fourth-order valence-corrected chi connectivity index (χ4v) is 2.99. The summed E-state index contributed by atoms with van der Waals surface area (Å²) in [7, 11) is 0. The fourth-order valence-electron chi connectivity index (χ4n) is 2.99. The third-order valence-electron chi connectivity index (χ3n) is 4.55. The lowest BCUT2D eigenvalue weighted by Gasteiger charge is -2.18. The largest absolute Gasteiger partial charge is 0.489 e. The highest BCUT2D eigenvalue weighted by Gasteiger charge is 2.27. The number of primary amides is 1. The van der Waals surface area contributed by atoms with Gasteiger partial charge in [0.15, 0.2) is 0 Å². The van der Waals surface area contributed by atoms with Crippen LogP contribution in [-0.4, -0.2) is 31.1 Å². The molecule has 0 saturated carbocycles. The molecule has 3 rings (SSSR count). The molecule has 1 heterocycles. The van der Waals surface area contributed by atoms with Crippen LogP contribution in [0, 0.1) is 5.92 Å². The molecule has 6 heteroatoms. The molecule has 2 aromatic rings. The van der Waals surface area contributed by atoms with Crippen molar-refractivity contribution < 1.29 is 19.1 Å². The van der Waals surface area contributed by atoms with Crippen molar-refractivity contribution in [1.82, 2.24) is 5.32 Å². The first-order valence-electron chi connectivity index (χ1n) is 9.05. The van der Waals surface area contributed by atoms with E-state index in [1.54, 1.807) is 0 Å². The van der Waals surface area contributed by atoms with Gasteiger partial charge < -0.3 is 20.5 Å². The molecule has 0 spiro atoms. The summed E-state index contributed by atoms with van der Waals surface area (Å²) >= 11 is 0. The molecule has 1 aliphatic heterocycles. The smallest absolute Gasteiger partial charge is 0.240 e. The molecule has 3 N–H and O–H groups in total. The molecule has 0 aliphatic carbocycles. The monoisotopic (exact) mass is 368 g/mol. The van der Waals surface area contributed by atoms with Gasteiger partial charge in [-0.2, -0.15) is 0 Å². The summed E-state index contributed by atoms with van der Waals surface area (Å²) in [6.45, 7) is 1.42. The van der Waals surface area contributed by atoms with Crippen molar-refractivity contribution in [2.45, 2.75) is 25.5 Å². The van der Waals surface area contributed by atoms with Gasteiger partial charge in [-0.3, -0.25) is 9.59 Å². The van der Waals surface area contributed by atoms with Crippen LogP contribution >= 0.6 is 0 Å². The van der Waals surface area contributed by atoms with Gasteiger partial charge in [-0.25, -0.2) is 0 Å². The molecular weight excluding hydrogens is 344 g/mol. The Morgan fingerprint density at radius 3 is 2.63 bits per heavy atom. The second-order valence-corrected chi connectivity index (χ2v) is 6.65. The maximum atomic E-state index is 12.3. The van der Waals surface area contributed by atoms with Gasteiger partial charge in [0.2, 0.25) is 11.8 Å². The van der Waals surface area contributed by atoms with Gasteiger partial charge in [-0.15, -0.1) is 0 Å². The van der Waals surface area contributed by atoms with Crippen molar-refractivity contribution in [1.29, 1.82) is 0 Å². The van der Waals surface area contributed by atoms with Crippen LogP contribution < -0.4 is 15.8 Å². The SMILES string of the molecule is NC(=O)[C@@H](Cc1cccc(OCc2ccccc2)c1)NC(=O)[C@@H]1CCOC1. The van der Waals surface area contributed by atoms with E-state index in [0.717, 1.165) is 11.1 Å². The molecule has 0 unspecified atom stereocenters. The topological polar surface area (TPSA) is 90.7 Å². The number of hydrogen-bond acceptors (Lipinski definition) is 4. The normalized spacial score (nSPS) is 17.3. The Balaban J connectivity index is 1.60. The minimum absolute atomic E-state index is 0.187. The third-order valence-corrected chi connectivity index (χ3v) is 4.55.